The number of Topliss-reactive ketones (excluding diaryl/α,β-unsaturated/α-hetero) is 1. The highest BCUT2D eigenvalue weighted by Gasteiger charge is 2.63. The Kier molecular flexibility index (Phi) is 5.77. The molecule has 3 aliphatic carbocycles. The first-order valence-electron chi connectivity index (χ1n) is 12.1. The van der Waals surface area contributed by atoms with Crippen molar-refractivity contribution in [2.75, 3.05) is 0 Å². The van der Waals surface area contributed by atoms with Crippen molar-refractivity contribution in [1.82, 2.24) is 0 Å². The molecule has 3 saturated carbocycles. The van der Waals surface area contributed by atoms with E-state index in [0.717, 1.165) is 29.9 Å². The third-order valence-electron chi connectivity index (χ3n) is 9.09. The zero-order valence-electron chi connectivity index (χ0n) is 19.8. The summed E-state index contributed by atoms with van der Waals surface area (Å²) in [5.41, 5.74) is 3.31. The van der Waals surface area contributed by atoms with Gasteiger partial charge in [0, 0.05) is 5.41 Å². The fourth-order valence-corrected chi connectivity index (χ4v) is 6.49. The van der Waals surface area contributed by atoms with Crippen LogP contribution in [0.4, 0.5) is 0 Å². The lowest BCUT2D eigenvalue weighted by Gasteiger charge is -2.37. The van der Waals surface area contributed by atoms with Crippen LogP contribution in [0.25, 0.3) is 6.08 Å². The van der Waals surface area contributed by atoms with Crippen LogP contribution in [0.2, 0.25) is 0 Å². The molecule has 0 saturated heterocycles. The first-order valence-corrected chi connectivity index (χ1v) is 12.1. The maximum Gasteiger partial charge on any atom is 0.165 e. The SMILES string of the molecule is CC1CCC(C(C)C)C(OCc2ccc(C=C3C(=O)C4(C)CCC3C4(C)C)cc2)C1. The molecule has 3 aliphatic rings. The minimum Gasteiger partial charge on any atom is -0.373 e. The van der Waals surface area contributed by atoms with Gasteiger partial charge in [0.25, 0.3) is 0 Å². The van der Waals surface area contributed by atoms with Crippen LogP contribution in [0, 0.1) is 34.5 Å². The van der Waals surface area contributed by atoms with E-state index in [1.165, 1.54) is 24.8 Å². The molecule has 0 N–H and O–H groups in total. The van der Waals surface area contributed by atoms with E-state index in [0.29, 0.717) is 36.2 Å². The summed E-state index contributed by atoms with van der Waals surface area (Å²) in [6, 6.07) is 8.66. The van der Waals surface area contributed by atoms with Crippen molar-refractivity contribution in [3.63, 3.8) is 0 Å². The van der Waals surface area contributed by atoms with Crippen LogP contribution in [0.3, 0.4) is 0 Å². The van der Waals surface area contributed by atoms with Gasteiger partial charge in [-0.25, -0.2) is 0 Å². The zero-order valence-corrected chi connectivity index (χ0v) is 19.8. The monoisotopic (exact) mass is 408 g/mol. The Balaban J connectivity index is 1.43. The number of hydrogen-bond acceptors (Lipinski definition) is 2. The Bertz CT molecular complexity index is 816. The second-order valence-corrected chi connectivity index (χ2v) is 11.5. The average molecular weight is 409 g/mol. The summed E-state index contributed by atoms with van der Waals surface area (Å²) < 4.78 is 6.41. The predicted octanol–water partition coefficient (Wildman–Crippen LogP) is 7.07. The van der Waals surface area contributed by atoms with Crippen molar-refractivity contribution in [3.05, 3.63) is 41.0 Å². The van der Waals surface area contributed by atoms with E-state index in [-0.39, 0.29) is 10.8 Å². The van der Waals surface area contributed by atoms with Crippen molar-refractivity contribution in [2.24, 2.45) is 34.5 Å². The number of ether oxygens (including phenoxy) is 1. The summed E-state index contributed by atoms with van der Waals surface area (Å²) in [5.74, 6) is 2.91. The van der Waals surface area contributed by atoms with Crippen molar-refractivity contribution >= 4 is 11.9 Å². The molecule has 164 valence electrons. The van der Waals surface area contributed by atoms with Gasteiger partial charge >= 0.3 is 0 Å². The molecule has 0 amide bonds. The fraction of sp³-hybridized carbons (Fsp3) is 0.679. The van der Waals surface area contributed by atoms with Gasteiger partial charge in [-0.05, 0) is 77.5 Å². The van der Waals surface area contributed by atoms with E-state index in [9.17, 15) is 4.79 Å². The summed E-state index contributed by atoms with van der Waals surface area (Å²) in [5, 5.41) is 0. The number of hydrogen-bond donors (Lipinski definition) is 0. The van der Waals surface area contributed by atoms with Crippen LogP contribution in [0.5, 0.6) is 0 Å². The average Bonchev–Trinajstić information content (AvgIpc) is 3.01. The number of rotatable bonds is 5. The molecule has 0 radical (unpaired) electrons. The Hall–Kier alpha value is -1.41. The molecule has 2 nitrogen and oxygen atoms in total. The van der Waals surface area contributed by atoms with Crippen LogP contribution in [0.15, 0.2) is 29.8 Å². The predicted molar refractivity (Wildman–Crippen MR) is 124 cm³/mol. The third-order valence-corrected chi connectivity index (χ3v) is 9.09. The second-order valence-electron chi connectivity index (χ2n) is 11.5. The number of benzene rings is 1. The van der Waals surface area contributed by atoms with Crippen LogP contribution in [-0.4, -0.2) is 11.9 Å². The normalized spacial score (nSPS) is 36.8. The van der Waals surface area contributed by atoms with Crippen molar-refractivity contribution < 1.29 is 9.53 Å². The van der Waals surface area contributed by atoms with Gasteiger partial charge in [0.2, 0.25) is 0 Å². The molecule has 3 fully saturated rings. The number of allylic oxidation sites excluding steroid dienone is 1. The van der Waals surface area contributed by atoms with Gasteiger partial charge in [0.15, 0.2) is 5.78 Å². The highest BCUT2D eigenvalue weighted by atomic mass is 16.5. The Morgan fingerprint density at radius 2 is 1.80 bits per heavy atom. The van der Waals surface area contributed by atoms with Gasteiger partial charge in [-0.15, -0.1) is 0 Å². The largest absolute Gasteiger partial charge is 0.373 e. The number of carbonyl (C=O) groups is 1. The van der Waals surface area contributed by atoms with Gasteiger partial charge in [0.1, 0.15) is 0 Å². The topological polar surface area (TPSA) is 26.3 Å². The molecule has 5 unspecified atom stereocenters. The molecule has 4 rings (SSSR count). The summed E-state index contributed by atoms with van der Waals surface area (Å²) in [4.78, 5) is 13.1. The molecule has 0 aliphatic heterocycles. The zero-order chi connectivity index (χ0) is 21.7. The van der Waals surface area contributed by atoms with Crippen LogP contribution in [0.1, 0.15) is 84.8 Å². The molecule has 30 heavy (non-hydrogen) atoms. The molecule has 0 heterocycles. The van der Waals surface area contributed by atoms with Crippen LogP contribution in [-0.2, 0) is 16.1 Å². The summed E-state index contributed by atoms with van der Waals surface area (Å²) >= 11 is 0. The van der Waals surface area contributed by atoms with E-state index >= 15 is 0 Å². The van der Waals surface area contributed by atoms with Gasteiger partial charge < -0.3 is 4.74 Å². The lowest BCUT2D eigenvalue weighted by atomic mass is 9.70. The summed E-state index contributed by atoms with van der Waals surface area (Å²) in [6.45, 7) is 14.4. The second kappa shape index (κ2) is 7.93. The maximum atomic E-state index is 13.1. The minimum atomic E-state index is -0.179. The molecule has 0 spiro atoms. The van der Waals surface area contributed by atoms with Gasteiger partial charge in [-0.3, -0.25) is 4.79 Å². The van der Waals surface area contributed by atoms with E-state index in [1.807, 2.05) is 0 Å². The van der Waals surface area contributed by atoms with Gasteiger partial charge in [0.05, 0.1) is 12.7 Å². The third kappa shape index (κ3) is 3.60. The van der Waals surface area contributed by atoms with E-state index in [1.54, 1.807) is 0 Å². The molecular formula is C28H40O2. The summed E-state index contributed by atoms with van der Waals surface area (Å²) in [6.07, 6.45) is 8.53. The van der Waals surface area contributed by atoms with Gasteiger partial charge in [-0.1, -0.05) is 72.2 Å². The molecule has 1 aromatic carbocycles. The Labute approximate surface area is 183 Å². The molecular weight excluding hydrogens is 368 g/mol. The van der Waals surface area contributed by atoms with Crippen molar-refractivity contribution in [1.29, 1.82) is 0 Å². The number of ketones is 1. The standard InChI is InChI=1S/C28H40O2/c1-18(2)22-12-7-19(3)15-25(22)30-17-21-10-8-20(9-11-21)16-23-24-13-14-28(6,26(23)29)27(24,4)5/h8-11,16,18-19,22,24-25H,7,12-15,17H2,1-6H3. The minimum absolute atomic E-state index is 0.0772. The highest BCUT2D eigenvalue weighted by molar-refractivity contribution is 6.07. The molecule has 2 bridgehead atoms. The highest BCUT2D eigenvalue weighted by Crippen LogP contribution is 2.65. The van der Waals surface area contributed by atoms with E-state index < -0.39 is 0 Å². The van der Waals surface area contributed by atoms with Crippen molar-refractivity contribution in [2.45, 2.75) is 86.4 Å². The quantitative estimate of drug-likeness (QED) is 0.487. The number of carbonyl (C=O) groups excluding carboxylic acids is 1. The first kappa shape index (κ1) is 21.8. The molecule has 5 atom stereocenters. The Morgan fingerprint density at radius 1 is 1.10 bits per heavy atom. The number of fused-ring (bicyclic) bond motifs is 2. The molecule has 1 aromatic rings. The van der Waals surface area contributed by atoms with Crippen LogP contribution < -0.4 is 0 Å². The lowest BCUT2D eigenvalue weighted by Crippen LogP contribution is -2.34. The smallest absolute Gasteiger partial charge is 0.165 e. The lowest BCUT2D eigenvalue weighted by molar-refractivity contribution is -0.125. The van der Waals surface area contributed by atoms with Gasteiger partial charge in [-0.2, -0.15) is 0 Å². The van der Waals surface area contributed by atoms with Crippen molar-refractivity contribution in [3.8, 4) is 0 Å². The fourth-order valence-electron chi connectivity index (χ4n) is 6.49. The maximum absolute atomic E-state index is 13.1. The first-order chi connectivity index (χ1) is 14.1. The van der Waals surface area contributed by atoms with Crippen LogP contribution >= 0.6 is 0 Å². The molecule has 2 heteroatoms. The Morgan fingerprint density at radius 3 is 2.40 bits per heavy atom. The van der Waals surface area contributed by atoms with E-state index in [2.05, 4.69) is 71.9 Å². The summed E-state index contributed by atoms with van der Waals surface area (Å²) in [7, 11) is 0. The van der Waals surface area contributed by atoms with E-state index in [4.69, 9.17) is 4.74 Å². The molecule has 0 aromatic heterocycles.